The molecule has 0 aliphatic carbocycles. The van der Waals surface area contributed by atoms with Crippen LogP contribution in [-0.4, -0.2) is 29.0 Å². The van der Waals surface area contributed by atoms with Gasteiger partial charge in [-0.2, -0.15) is 0 Å². The van der Waals surface area contributed by atoms with Crippen LogP contribution < -0.4 is 11.1 Å². The number of nitrogens with two attached hydrogens (primary N) is 1. The molecule has 0 unspecified atom stereocenters. The molecule has 0 saturated heterocycles. The second-order valence-corrected chi connectivity index (χ2v) is 4.55. The number of carbonyl (C=O) groups excluding carboxylic acids is 1. The summed E-state index contributed by atoms with van der Waals surface area (Å²) in [6.07, 6.45) is 2.98. The number of hydrogen-bond donors (Lipinski definition) is 3. The first-order chi connectivity index (χ1) is 9.29. The van der Waals surface area contributed by atoms with Gasteiger partial charge in [0, 0.05) is 19.4 Å². The van der Waals surface area contributed by atoms with Gasteiger partial charge in [-0.15, -0.1) is 24.8 Å². The van der Waals surface area contributed by atoms with E-state index in [9.17, 15) is 4.79 Å². The van der Waals surface area contributed by atoms with E-state index in [1.54, 1.807) is 0 Å². The SMILES string of the molecule is Cl.Cl.NCCCC(=O)NCCCc1nc2ccccc2[nH]1. The standard InChI is InChI=1S/C14H20N4O.2ClH/c15-9-3-8-14(19)16-10-4-7-13-17-11-5-1-2-6-12(11)18-13;;/h1-2,5-6H,3-4,7-10,15H2,(H,16,19)(H,17,18);2*1H. The molecule has 1 heterocycles. The number of rotatable bonds is 7. The molecule has 2 rings (SSSR count). The second kappa shape index (κ2) is 10.4. The Morgan fingerprint density at radius 1 is 1.24 bits per heavy atom. The third-order valence-electron chi connectivity index (χ3n) is 2.96. The molecule has 1 aromatic heterocycles. The molecule has 1 amide bonds. The van der Waals surface area contributed by atoms with Crippen molar-refractivity contribution in [2.45, 2.75) is 25.7 Å². The molecule has 1 aromatic carbocycles. The smallest absolute Gasteiger partial charge is 0.220 e. The van der Waals surface area contributed by atoms with Crippen molar-refractivity contribution in [1.29, 1.82) is 0 Å². The maximum Gasteiger partial charge on any atom is 0.220 e. The molecule has 0 atom stereocenters. The Morgan fingerprint density at radius 3 is 2.71 bits per heavy atom. The summed E-state index contributed by atoms with van der Waals surface area (Å²) in [7, 11) is 0. The topological polar surface area (TPSA) is 83.8 Å². The molecule has 5 nitrogen and oxygen atoms in total. The first kappa shape index (κ1) is 19.7. The van der Waals surface area contributed by atoms with E-state index in [0.29, 0.717) is 19.5 Å². The molecule has 118 valence electrons. The number of carbonyl (C=O) groups is 1. The summed E-state index contributed by atoms with van der Waals surface area (Å²) in [5, 5.41) is 2.89. The molecule has 7 heteroatoms. The van der Waals surface area contributed by atoms with Crippen LogP contribution in [-0.2, 0) is 11.2 Å². The van der Waals surface area contributed by atoms with E-state index in [1.807, 2.05) is 24.3 Å². The van der Waals surface area contributed by atoms with Crippen molar-refractivity contribution in [3.63, 3.8) is 0 Å². The van der Waals surface area contributed by atoms with E-state index >= 15 is 0 Å². The van der Waals surface area contributed by atoms with Crippen molar-refractivity contribution in [3.05, 3.63) is 30.1 Å². The summed E-state index contributed by atoms with van der Waals surface area (Å²) in [5.41, 5.74) is 7.40. The van der Waals surface area contributed by atoms with Crippen LogP contribution in [0.3, 0.4) is 0 Å². The first-order valence-electron chi connectivity index (χ1n) is 6.70. The largest absolute Gasteiger partial charge is 0.356 e. The quantitative estimate of drug-likeness (QED) is 0.679. The molecule has 0 spiro atoms. The van der Waals surface area contributed by atoms with Crippen molar-refractivity contribution in [3.8, 4) is 0 Å². The summed E-state index contributed by atoms with van der Waals surface area (Å²) < 4.78 is 0. The van der Waals surface area contributed by atoms with Crippen molar-refractivity contribution in [2.75, 3.05) is 13.1 Å². The maximum atomic E-state index is 11.4. The highest BCUT2D eigenvalue weighted by atomic mass is 35.5. The molecule has 0 radical (unpaired) electrons. The number of aromatic nitrogens is 2. The summed E-state index contributed by atoms with van der Waals surface area (Å²) >= 11 is 0. The van der Waals surface area contributed by atoms with Gasteiger partial charge in [-0.25, -0.2) is 4.98 Å². The van der Waals surface area contributed by atoms with E-state index in [4.69, 9.17) is 5.73 Å². The number of benzene rings is 1. The molecule has 21 heavy (non-hydrogen) atoms. The highest BCUT2D eigenvalue weighted by molar-refractivity contribution is 5.85. The predicted molar refractivity (Wildman–Crippen MR) is 90.2 cm³/mol. The summed E-state index contributed by atoms with van der Waals surface area (Å²) in [5.74, 6) is 1.05. The Labute approximate surface area is 136 Å². The van der Waals surface area contributed by atoms with Crippen LogP contribution >= 0.6 is 24.8 Å². The molecule has 4 N–H and O–H groups in total. The van der Waals surface area contributed by atoms with Gasteiger partial charge >= 0.3 is 0 Å². The van der Waals surface area contributed by atoms with E-state index < -0.39 is 0 Å². The number of imidazole rings is 1. The van der Waals surface area contributed by atoms with Gasteiger partial charge in [-0.3, -0.25) is 4.79 Å². The number of fused-ring (bicyclic) bond motifs is 1. The molecule has 0 aliphatic heterocycles. The van der Waals surface area contributed by atoms with Crippen LogP contribution in [0.25, 0.3) is 11.0 Å². The number of hydrogen-bond acceptors (Lipinski definition) is 3. The number of para-hydroxylation sites is 2. The number of halogens is 2. The lowest BCUT2D eigenvalue weighted by Gasteiger charge is -2.03. The summed E-state index contributed by atoms with van der Waals surface area (Å²) in [4.78, 5) is 19.1. The van der Waals surface area contributed by atoms with Crippen molar-refractivity contribution in [2.24, 2.45) is 5.73 Å². The van der Waals surface area contributed by atoms with E-state index in [1.165, 1.54) is 0 Å². The van der Waals surface area contributed by atoms with Crippen LogP contribution in [0.4, 0.5) is 0 Å². The van der Waals surface area contributed by atoms with Gasteiger partial charge in [0.1, 0.15) is 5.82 Å². The Balaban J connectivity index is 0.00000200. The molecular weight excluding hydrogens is 311 g/mol. The number of aromatic amines is 1. The number of aryl methyl sites for hydroxylation is 1. The fourth-order valence-electron chi connectivity index (χ4n) is 1.96. The normalized spacial score (nSPS) is 9.76. The second-order valence-electron chi connectivity index (χ2n) is 4.55. The van der Waals surface area contributed by atoms with Gasteiger partial charge in [0.25, 0.3) is 0 Å². The van der Waals surface area contributed by atoms with Crippen LogP contribution in [0.2, 0.25) is 0 Å². The zero-order valence-electron chi connectivity index (χ0n) is 11.8. The Hall–Kier alpha value is -1.30. The van der Waals surface area contributed by atoms with Crippen molar-refractivity contribution >= 4 is 41.8 Å². The highest BCUT2D eigenvalue weighted by Gasteiger charge is 2.03. The number of amides is 1. The number of nitrogens with zero attached hydrogens (tertiary/aromatic N) is 1. The maximum absolute atomic E-state index is 11.4. The predicted octanol–water partition coefficient (Wildman–Crippen LogP) is 2.19. The summed E-state index contributed by atoms with van der Waals surface area (Å²) in [6, 6.07) is 7.97. The van der Waals surface area contributed by atoms with Gasteiger partial charge in [0.15, 0.2) is 0 Å². The number of H-pyrrole nitrogens is 1. The lowest BCUT2D eigenvalue weighted by atomic mass is 10.2. The van der Waals surface area contributed by atoms with Crippen LogP contribution in [0.1, 0.15) is 25.1 Å². The van der Waals surface area contributed by atoms with E-state index in [2.05, 4.69) is 15.3 Å². The van der Waals surface area contributed by atoms with Crippen LogP contribution in [0, 0.1) is 0 Å². The Morgan fingerprint density at radius 2 is 2.00 bits per heavy atom. The first-order valence-corrected chi connectivity index (χ1v) is 6.70. The zero-order valence-corrected chi connectivity index (χ0v) is 13.4. The Kier molecular flexibility index (Phi) is 9.78. The average molecular weight is 333 g/mol. The molecular formula is C14H22Cl2N4O. The van der Waals surface area contributed by atoms with Crippen LogP contribution in [0.5, 0.6) is 0 Å². The van der Waals surface area contributed by atoms with Crippen molar-refractivity contribution in [1.82, 2.24) is 15.3 Å². The number of nitrogens with one attached hydrogen (secondary N) is 2. The van der Waals surface area contributed by atoms with Gasteiger partial charge in [-0.1, -0.05) is 12.1 Å². The third-order valence-corrected chi connectivity index (χ3v) is 2.96. The monoisotopic (exact) mass is 332 g/mol. The molecule has 0 fully saturated rings. The van der Waals surface area contributed by atoms with Gasteiger partial charge < -0.3 is 16.0 Å². The van der Waals surface area contributed by atoms with Crippen molar-refractivity contribution < 1.29 is 4.79 Å². The molecule has 0 saturated carbocycles. The minimum Gasteiger partial charge on any atom is -0.356 e. The van der Waals surface area contributed by atoms with E-state index in [0.717, 1.165) is 36.1 Å². The fraction of sp³-hybridized carbons (Fsp3) is 0.429. The average Bonchev–Trinajstić information content (AvgIpc) is 2.84. The minimum absolute atomic E-state index is 0. The molecule has 0 bridgehead atoms. The minimum atomic E-state index is 0. The highest BCUT2D eigenvalue weighted by Crippen LogP contribution is 2.10. The lowest BCUT2D eigenvalue weighted by molar-refractivity contribution is -0.121. The van der Waals surface area contributed by atoms with E-state index in [-0.39, 0.29) is 30.7 Å². The molecule has 0 aliphatic rings. The van der Waals surface area contributed by atoms with Gasteiger partial charge in [0.2, 0.25) is 5.91 Å². The fourth-order valence-corrected chi connectivity index (χ4v) is 1.96. The Bertz CT molecular complexity index is 512. The lowest BCUT2D eigenvalue weighted by Crippen LogP contribution is -2.25. The molecule has 2 aromatic rings. The van der Waals surface area contributed by atoms with Crippen LogP contribution in [0.15, 0.2) is 24.3 Å². The third kappa shape index (κ3) is 6.33. The van der Waals surface area contributed by atoms with Gasteiger partial charge in [-0.05, 0) is 31.5 Å². The summed E-state index contributed by atoms with van der Waals surface area (Å²) in [6.45, 7) is 1.24. The van der Waals surface area contributed by atoms with Gasteiger partial charge in [0.05, 0.1) is 11.0 Å². The zero-order chi connectivity index (χ0) is 13.5.